The molecule has 6 rings (SSSR count). The highest BCUT2D eigenvalue weighted by Gasteiger charge is 2.10. The molecule has 0 radical (unpaired) electrons. The molecule has 0 saturated carbocycles. The zero-order valence-electron chi connectivity index (χ0n) is 17.2. The largest absolute Gasteiger partial charge is 0.297 e. The smallest absolute Gasteiger partial charge is 0.161 e. The van der Waals surface area contributed by atoms with Crippen molar-refractivity contribution in [1.29, 1.82) is 5.26 Å². The average Bonchev–Trinajstić information content (AvgIpc) is 3.69. The predicted octanol–water partition coefficient (Wildman–Crippen LogP) is 8.88. The van der Waals surface area contributed by atoms with Crippen LogP contribution in [0.15, 0.2) is 71.7 Å². The van der Waals surface area contributed by atoms with Crippen LogP contribution in [0.3, 0.4) is 0 Å². The van der Waals surface area contributed by atoms with Crippen molar-refractivity contribution in [2.24, 2.45) is 0 Å². The lowest BCUT2D eigenvalue weighted by atomic mass is 10.4. The van der Waals surface area contributed by atoms with Crippen LogP contribution in [0.2, 0.25) is 0 Å². The van der Waals surface area contributed by atoms with Gasteiger partial charge in [0.25, 0.3) is 0 Å². The summed E-state index contributed by atoms with van der Waals surface area (Å²) >= 11 is 9.76. The Bertz CT molecular complexity index is 1540. The number of rotatable bonds is 5. The first-order valence-corrected chi connectivity index (χ1v) is 14.8. The van der Waals surface area contributed by atoms with Gasteiger partial charge in [0.2, 0.25) is 0 Å². The lowest BCUT2D eigenvalue weighted by Crippen LogP contribution is -1.64. The summed E-state index contributed by atoms with van der Waals surface area (Å²) in [6, 6.07) is 18.8. The van der Waals surface area contributed by atoms with E-state index in [9.17, 15) is 4.79 Å². The molecule has 0 aliphatic rings. The van der Waals surface area contributed by atoms with Gasteiger partial charge in [-0.15, -0.1) is 68.0 Å². The van der Waals surface area contributed by atoms with Crippen molar-refractivity contribution in [3.63, 3.8) is 0 Å². The molecule has 0 aromatic carbocycles. The number of thiazole rings is 2. The molecule has 10 heteroatoms. The third kappa shape index (κ3) is 5.15. The van der Waals surface area contributed by atoms with Crippen molar-refractivity contribution in [3.8, 4) is 45.3 Å². The van der Waals surface area contributed by atoms with Gasteiger partial charge in [0.05, 0.1) is 20.8 Å². The number of hydrogen-bond acceptors (Lipinski definition) is 10. The first-order valence-electron chi connectivity index (χ1n) is 9.78. The maximum atomic E-state index is 10.6. The fourth-order valence-electron chi connectivity index (χ4n) is 2.90. The van der Waals surface area contributed by atoms with Gasteiger partial charge in [0.15, 0.2) is 6.29 Å². The standard InChI is InChI=1S/C12H6N2S3.C12H7NOS3/c13-6-8-7-14-12(16-8)11-4-3-10(17-11)9-2-1-5-15-9;14-7-8-6-13-12(16-8)11-4-3-10(17-11)9-2-1-5-15-9/h1-5,7H;1-7H. The minimum atomic E-state index is 0.658. The molecule has 0 atom stereocenters. The Labute approximate surface area is 219 Å². The van der Waals surface area contributed by atoms with Crippen molar-refractivity contribution < 1.29 is 4.79 Å². The summed E-state index contributed by atoms with van der Waals surface area (Å²) in [5.41, 5.74) is 0. The third-order valence-corrected chi connectivity index (χ3v) is 10.9. The number of aromatic nitrogens is 2. The van der Waals surface area contributed by atoms with Crippen molar-refractivity contribution in [2.75, 3.05) is 0 Å². The van der Waals surface area contributed by atoms with Gasteiger partial charge in [-0.3, -0.25) is 4.79 Å². The zero-order chi connectivity index (χ0) is 23.3. The van der Waals surface area contributed by atoms with Crippen LogP contribution in [0.25, 0.3) is 39.3 Å². The van der Waals surface area contributed by atoms with E-state index >= 15 is 0 Å². The second-order valence-corrected chi connectivity index (χ2v) is 12.8. The van der Waals surface area contributed by atoms with Crippen LogP contribution >= 0.6 is 68.0 Å². The Kier molecular flexibility index (Phi) is 7.20. The number of aldehydes is 1. The maximum absolute atomic E-state index is 10.6. The molecule has 0 fully saturated rings. The van der Waals surface area contributed by atoms with Crippen LogP contribution in [-0.4, -0.2) is 16.3 Å². The van der Waals surface area contributed by atoms with Crippen molar-refractivity contribution in [3.05, 3.63) is 81.4 Å². The molecule has 6 heterocycles. The van der Waals surface area contributed by atoms with E-state index in [0.717, 1.165) is 26.1 Å². The monoisotopic (exact) mass is 551 g/mol. The summed E-state index contributed by atoms with van der Waals surface area (Å²) in [7, 11) is 0. The van der Waals surface area contributed by atoms with E-state index in [-0.39, 0.29) is 0 Å². The quantitative estimate of drug-likeness (QED) is 0.201. The summed E-state index contributed by atoms with van der Waals surface area (Å²) in [5, 5.41) is 14.8. The van der Waals surface area contributed by atoms with Crippen molar-refractivity contribution >= 4 is 74.3 Å². The maximum Gasteiger partial charge on any atom is 0.161 e. The van der Waals surface area contributed by atoms with Crippen molar-refractivity contribution in [2.45, 2.75) is 0 Å². The highest BCUT2D eigenvalue weighted by Crippen LogP contribution is 2.38. The fraction of sp³-hybridized carbons (Fsp3) is 0. The molecule has 6 aromatic heterocycles. The molecule has 0 bridgehead atoms. The summed E-state index contributed by atoms with van der Waals surface area (Å²) < 4.78 is 0. The Morgan fingerprint density at radius 3 is 1.71 bits per heavy atom. The lowest BCUT2D eigenvalue weighted by Gasteiger charge is -1.88. The van der Waals surface area contributed by atoms with E-state index < -0.39 is 0 Å². The van der Waals surface area contributed by atoms with Gasteiger partial charge < -0.3 is 0 Å². The molecule has 166 valence electrons. The second kappa shape index (κ2) is 10.7. The molecule has 0 aliphatic carbocycles. The SMILES string of the molecule is N#Cc1cnc(-c2ccc(-c3cccs3)s2)s1.O=Cc1cnc(-c2ccc(-c3cccs3)s2)s1. The van der Waals surface area contributed by atoms with E-state index in [4.69, 9.17) is 5.26 Å². The Morgan fingerprint density at radius 2 is 1.24 bits per heavy atom. The summed E-state index contributed by atoms with van der Waals surface area (Å²) in [6.45, 7) is 0. The number of nitrogens with zero attached hydrogens (tertiary/aromatic N) is 3. The number of thiophene rings is 4. The number of hydrogen-bond donors (Lipinski definition) is 0. The molecule has 34 heavy (non-hydrogen) atoms. The van der Waals surface area contributed by atoms with Crippen molar-refractivity contribution in [1.82, 2.24) is 9.97 Å². The summed E-state index contributed by atoms with van der Waals surface area (Å²) in [5.74, 6) is 0. The minimum Gasteiger partial charge on any atom is -0.297 e. The normalized spacial score (nSPS) is 10.4. The van der Waals surface area contributed by atoms with E-state index in [2.05, 4.69) is 69.3 Å². The first-order chi connectivity index (χ1) is 16.7. The highest BCUT2D eigenvalue weighted by atomic mass is 32.1. The number of carbonyl (C=O) groups excluding carboxylic acids is 1. The van der Waals surface area contributed by atoms with Crippen LogP contribution in [-0.2, 0) is 0 Å². The van der Waals surface area contributed by atoms with E-state index in [1.54, 1.807) is 57.7 Å². The first kappa shape index (κ1) is 23.0. The molecule has 0 spiro atoms. The van der Waals surface area contributed by atoms with Gasteiger partial charge in [-0.25, -0.2) is 9.97 Å². The van der Waals surface area contributed by atoms with Gasteiger partial charge in [-0.1, -0.05) is 12.1 Å². The Balaban J connectivity index is 0.000000142. The van der Waals surface area contributed by atoms with Crippen LogP contribution in [0.1, 0.15) is 14.5 Å². The van der Waals surface area contributed by atoms with Gasteiger partial charge in [0, 0.05) is 25.7 Å². The van der Waals surface area contributed by atoms with E-state index in [1.165, 1.54) is 42.2 Å². The van der Waals surface area contributed by atoms with Crippen LogP contribution in [0.4, 0.5) is 0 Å². The summed E-state index contributed by atoms with van der Waals surface area (Å²) in [4.78, 5) is 27.8. The lowest BCUT2D eigenvalue weighted by molar-refractivity contribution is 0.112. The molecular formula is C24H13N3OS6. The molecule has 0 amide bonds. The predicted molar refractivity (Wildman–Crippen MR) is 148 cm³/mol. The second-order valence-electron chi connectivity index (χ2n) is 6.61. The van der Waals surface area contributed by atoms with E-state index in [0.29, 0.717) is 9.75 Å². The Morgan fingerprint density at radius 1 is 0.676 bits per heavy atom. The van der Waals surface area contributed by atoms with Crippen LogP contribution in [0, 0.1) is 11.3 Å². The topological polar surface area (TPSA) is 66.6 Å². The molecule has 0 N–H and O–H groups in total. The molecule has 6 aromatic rings. The number of carbonyl (C=O) groups is 1. The molecular weight excluding hydrogens is 539 g/mol. The minimum absolute atomic E-state index is 0.658. The number of nitriles is 1. The van der Waals surface area contributed by atoms with E-state index in [1.807, 2.05) is 6.07 Å². The average molecular weight is 552 g/mol. The molecule has 0 unspecified atom stereocenters. The van der Waals surface area contributed by atoms with Gasteiger partial charge in [0.1, 0.15) is 21.0 Å². The van der Waals surface area contributed by atoms with Gasteiger partial charge in [-0.05, 0) is 47.2 Å². The molecule has 0 aliphatic heterocycles. The highest BCUT2D eigenvalue weighted by molar-refractivity contribution is 7.27. The fourth-order valence-corrected chi connectivity index (χ4v) is 8.15. The molecule has 0 saturated heterocycles. The molecule has 4 nitrogen and oxygen atoms in total. The third-order valence-electron chi connectivity index (χ3n) is 4.42. The van der Waals surface area contributed by atoms with Crippen LogP contribution < -0.4 is 0 Å². The van der Waals surface area contributed by atoms with Gasteiger partial charge in [-0.2, -0.15) is 5.26 Å². The van der Waals surface area contributed by atoms with Gasteiger partial charge >= 0.3 is 0 Å². The zero-order valence-corrected chi connectivity index (χ0v) is 22.1. The summed E-state index contributed by atoms with van der Waals surface area (Å²) in [6.07, 6.45) is 4.09. The van der Waals surface area contributed by atoms with Crippen LogP contribution in [0.5, 0.6) is 0 Å². The Hall–Kier alpha value is -2.78.